The fraction of sp³-hybridized carbons (Fsp3) is 0.423. The fourth-order valence-electron chi connectivity index (χ4n) is 3.95. The fourth-order valence-corrected chi connectivity index (χ4v) is 5.30. The van der Waals surface area contributed by atoms with Crippen molar-refractivity contribution in [3.63, 3.8) is 0 Å². The standard InChI is InChI=1S/C26H30ClN5O4S/c1-6-15-12-17-22(16-10-8-9-11-18(16)27)29-19(13-21(33)35-7-2)23-31-30-20(32(23)24(17)37-15)14-28-25(34)36-26(3,4)5/h8-12,19H,6-7,13-14H2,1-5H3,(H,28,34). The van der Waals surface area contributed by atoms with E-state index in [2.05, 4.69) is 28.5 Å². The number of alkyl carbamates (subject to hydrolysis) is 1. The molecule has 1 N–H and O–H groups in total. The first kappa shape index (κ1) is 26.8. The number of nitrogens with one attached hydrogen (secondary N) is 1. The summed E-state index contributed by atoms with van der Waals surface area (Å²) < 4.78 is 12.5. The number of halogens is 1. The van der Waals surface area contributed by atoms with E-state index in [1.165, 1.54) is 0 Å². The van der Waals surface area contributed by atoms with Crippen LogP contribution in [0.4, 0.5) is 4.79 Å². The molecule has 0 radical (unpaired) electrons. The molecule has 4 rings (SSSR count). The monoisotopic (exact) mass is 543 g/mol. The molecule has 37 heavy (non-hydrogen) atoms. The highest BCUT2D eigenvalue weighted by Crippen LogP contribution is 2.38. The molecule has 1 unspecified atom stereocenters. The van der Waals surface area contributed by atoms with Gasteiger partial charge in [0.2, 0.25) is 0 Å². The van der Waals surface area contributed by atoms with Crippen molar-refractivity contribution in [1.29, 1.82) is 0 Å². The Morgan fingerprint density at radius 3 is 2.59 bits per heavy atom. The average Bonchev–Trinajstić information content (AvgIpc) is 3.41. The molecule has 1 aliphatic rings. The number of hydrogen-bond donors (Lipinski definition) is 1. The van der Waals surface area contributed by atoms with Crippen molar-refractivity contribution in [3.8, 4) is 5.00 Å². The molecule has 1 amide bonds. The lowest BCUT2D eigenvalue weighted by molar-refractivity contribution is -0.143. The van der Waals surface area contributed by atoms with Gasteiger partial charge in [0.25, 0.3) is 0 Å². The Morgan fingerprint density at radius 2 is 1.92 bits per heavy atom. The van der Waals surface area contributed by atoms with Gasteiger partial charge in [-0.1, -0.05) is 36.7 Å². The quantitative estimate of drug-likeness (QED) is 0.399. The van der Waals surface area contributed by atoms with Crippen molar-refractivity contribution in [3.05, 3.63) is 63.0 Å². The van der Waals surface area contributed by atoms with Gasteiger partial charge in [0.1, 0.15) is 16.6 Å². The molecule has 2 aromatic heterocycles. The van der Waals surface area contributed by atoms with E-state index in [4.69, 9.17) is 26.1 Å². The van der Waals surface area contributed by atoms with Crippen molar-refractivity contribution in [2.75, 3.05) is 6.61 Å². The van der Waals surface area contributed by atoms with E-state index in [0.29, 0.717) is 22.4 Å². The number of esters is 1. The van der Waals surface area contributed by atoms with Crippen molar-refractivity contribution < 1.29 is 19.1 Å². The number of nitrogens with zero attached hydrogens (tertiary/aromatic N) is 4. The highest BCUT2D eigenvalue weighted by atomic mass is 35.5. The van der Waals surface area contributed by atoms with Crippen LogP contribution in [0.2, 0.25) is 5.02 Å². The van der Waals surface area contributed by atoms with Gasteiger partial charge in [0, 0.05) is 21.0 Å². The summed E-state index contributed by atoms with van der Waals surface area (Å²) in [6.45, 7) is 9.58. The SMILES string of the molecule is CCOC(=O)CC1N=C(c2ccccc2Cl)c2cc(CC)sc2-n2c(CNC(=O)OC(C)(C)C)nnc21. The van der Waals surface area contributed by atoms with E-state index in [-0.39, 0.29) is 19.6 Å². The Morgan fingerprint density at radius 1 is 1.16 bits per heavy atom. The number of carbonyl (C=O) groups excluding carboxylic acids is 2. The van der Waals surface area contributed by atoms with Crippen LogP contribution in [-0.4, -0.2) is 44.7 Å². The molecule has 0 saturated carbocycles. The zero-order chi connectivity index (χ0) is 26.7. The van der Waals surface area contributed by atoms with E-state index in [9.17, 15) is 9.59 Å². The predicted octanol–water partition coefficient (Wildman–Crippen LogP) is 5.41. The maximum atomic E-state index is 12.6. The number of aliphatic imine (C=N–C) groups is 1. The zero-order valence-electron chi connectivity index (χ0n) is 21.5. The number of ether oxygens (including phenoxy) is 2. The smallest absolute Gasteiger partial charge is 0.408 e. The van der Waals surface area contributed by atoms with Gasteiger partial charge in [-0.3, -0.25) is 14.4 Å². The van der Waals surface area contributed by atoms with Gasteiger partial charge in [-0.05, 0) is 46.2 Å². The lowest BCUT2D eigenvalue weighted by atomic mass is 10.0. The van der Waals surface area contributed by atoms with Crippen LogP contribution >= 0.6 is 22.9 Å². The molecule has 11 heteroatoms. The minimum absolute atomic E-state index is 0.0189. The van der Waals surface area contributed by atoms with Gasteiger partial charge in [0.15, 0.2) is 11.6 Å². The Labute approximate surface area is 224 Å². The van der Waals surface area contributed by atoms with Crippen molar-refractivity contribution >= 4 is 40.7 Å². The molecule has 3 aromatic rings. The second-order valence-corrected chi connectivity index (χ2v) is 11.0. The summed E-state index contributed by atoms with van der Waals surface area (Å²) in [6, 6.07) is 8.90. The summed E-state index contributed by atoms with van der Waals surface area (Å²) in [6.07, 6.45) is 0.243. The number of aromatic nitrogens is 3. The van der Waals surface area contributed by atoms with E-state index in [1.807, 2.05) is 28.8 Å². The lowest BCUT2D eigenvalue weighted by Crippen LogP contribution is -2.32. The summed E-state index contributed by atoms with van der Waals surface area (Å²) in [4.78, 5) is 31.1. The van der Waals surface area contributed by atoms with E-state index >= 15 is 0 Å². The second-order valence-electron chi connectivity index (χ2n) is 9.43. The van der Waals surface area contributed by atoms with Crippen LogP contribution in [0.25, 0.3) is 5.00 Å². The van der Waals surface area contributed by atoms with Gasteiger partial charge in [-0.2, -0.15) is 0 Å². The van der Waals surface area contributed by atoms with Crippen LogP contribution < -0.4 is 5.32 Å². The first-order chi connectivity index (χ1) is 17.6. The average molecular weight is 544 g/mol. The van der Waals surface area contributed by atoms with E-state index in [1.54, 1.807) is 39.0 Å². The van der Waals surface area contributed by atoms with E-state index in [0.717, 1.165) is 27.4 Å². The molecule has 0 saturated heterocycles. The first-order valence-electron chi connectivity index (χ1n) is 12.1. The summed E-state index contributed by atoms with van der Waals surface area (Å²) >= 11 is 8.20. The molecule has 0 aliphatic carbocycles. The number of thiophene rings is 1. The number of amides is 1. The maximum absolute atomic E-state index is 12.6. The zero-order valence-corrected chi connectivity index (χ0v) is 23.1. The molecule has 1 atom stereocenters. The predicted molar refractivity (Wildman–Crippen MR) is 143 cm³/mol. The number of carbonyl (C=O) groups is 2. The lowest BCUT2D eigenvalue weighted by Gasteiger charge is -2.19. The number of benzene rings is 1. The van der Waals surface area contributed by atoms with Crippen LogP contribution in [-0.2, 0) is 27.2 Å². The summed E-state index contributed by atoms with van der Waals surface area (Å²) in [5, 5.41) is 13.0. The highest BCUT2D eigenvalue weighted by Gasteiger charge is 2.33. The highest BCUT2D eigenvalue weighted by molar-refractivity contribution is 7.15. The molecule has 0 spiro atoms. The Kier molecular flexibility index (Phi) is 7.99. The van der Waals surface area contributed by atoms with Crippen molar-refractivity contribution in [1.82, 2.24) is 20.1 Å². The second kappa shape index (κ2) is 11.0. The molecular formula is C26H30ClN5O4S. The van der Waals surface area contributed by atoms with Gasteiger partial charge < -0.3 is 14.8 Å². The van der Waals surface area contributed by atoms with Crippen LogP contribution in [0.15, 0.2) is 35.3 Å². The summed E-state index contributed by atoms with van der Waals surface area (Å²) in [7, 11) is 0. The van der Waals surface area contributed by atoms with Crippen molar-refractivity contribution in [2.24, 2.45) is 4.99 Å². The molecule has 3 heterocycles. The molecule has 0 bridgehead atoms. The Bertz CT molecular complexity index is 1340. The van der Waals surface area contributed by atoms with Crippen LogP contribution in [0.5, 0.6) is 0 Å². The minimum atomic E-state index is -0.669. The Balaban J connectivity index is 1.84. The molecule has 9 nitrogen and oxygen atoms in total. The van der Waals surface area contributed by atoms with Crippen LogP contribution in [0.1, 0.15) is 74.7 Å². The maximum Gasteiger partial charge on any atom is 0.408 e. The number of hydrogen-bond acceptors (Lipinski definition) is 8. The molecule has 1 aliphatic heterocycles. The van der Waals surface area contributed by atoms with E-state index < -0.39 is 23.7 Å². The van der Waals surface area contributed by atoms with Crippen LogP contribution in [0, 0.1) is 0 Å². The molecular weight excluding hydrogens is 514 g/mol. The van der Waals surface area contributed by atoms with Crippen LogP contribution in [0.3, 0.4) is 0 Å². The van der Waals surface area contributed by atoms with Crippen molar-refractivity contribution in [2.45, 2.75) is 65.6 Å². The van der Waals surface area contributed by atoms with Gasteiger partial charge in [0.05, 0.1) is 25.3 Å². The topological polar surface area (TPSA) is 108 Å². The third-order valence-electron chi connectivity index (χ3n) is 5.49. The normalized spacial score (nSPS) is 14.8. The molecule has 1 aromatic carbocycles. The Hall–Kier alpha value is -3.24. The molecule has 196 valence electrons. The van der Waals surface area contributed by atoms with Gasteiger partial charge in [-0.15, -0.1) is 21.5 Å². The third kappa shape index (κ3) is 6.02. The summed E-state index contributed by atoms with van der Waals surface area (Å²) in [5.41, 5.74) is 1.65. The van der Waals surface area contributed by atoms with Gasteiger partial charge in [-0.25, -0.2) is 4.79 Å². The third-order valence-corrected chi connectivity index (χ3v) is 7.09. The first-order valence-corrected chi connectivity index (χ1v) is 13.3. The minimum Gasteiger partial charge on any atom is -0.466 e. The molecule has 0 fully saturated rings. The number of aryl methyl sites for hydroxylation is 1. The number of rotatable bonds is 7. The number of fused-ring (bicyclic) bond motifs is 3. The van der Waals surface area contributed by atoms with Gasteiger partial charge >= 0.3 is 12.1 Å². The summed E-state index contributed by atoms with van der Waals surface area (Å²) in [5.74, 6) is 0.593. The largest absolute Gasteiger partial charge is 0.466 e.